The predicted octanol–water partition coefficient (Wildman–Crippen LogP) is 4.01. The summed E-state index contributed by atoms with van der Waals surface area (Å²) in [6.45, 7) is 2.04. The lowest BCUT2D eigenvalue weighted by atomic mass is 10.2. The highest BCUT2D eigenvalue weighted by atomic mass is 79.9. The maximum absolute atomic E-state index is 9.93. The third-order valence-corrected chi connectivity index (χ3v) is 3.35. The fraction of sp³-hybridized carbons (Fsp3) is 0.0714. The molecule has 0 aliphatic heterocycles. The topological polar surface area (TPSA) is 48.9 Å². The van der Waals surface area contributed by atoms with Crippen molar-refractivity contribution in [3.8, 4) is 17.1 Å². The molecule has 0 aliphatic carbocycles. The number of hydrogen-bond donors (Lipinski definition) is 2. The number of nitrogens with zero attached hydrogens (tertiary/aromatic N) is 1. The first-order valence-electron chi connectivity index (χ1n) is 5.59. The van der Waals surface area contributed by atoms with Crippen LogP contribution in [-0.2, 0) is 0 Å². The van der Waals surface area contributed by atoms with Crippen molar-refractivity contribution in [2.75, 3.05) is 0 Å². The third-order valence-electron chi connectivity index (χ3n) is 2.85. The molecule has 1 heterocycles. The SMILES string of the molecule is Cc1ccc2nc(-c3ccc(Br)cc3O)[nH]c2c1. The number of aromatic amines is 1. The summed E-state index contributed by atoms with van der Waals surface area (Å²) >= 11 is 3.32. The van der Waals surface area contributed by atoms with Crippen molar-refractivity contribution in [1.29, 1.82) is 0 Å². The van der Waals surface area contributed by atoms with Gasteiger partial charge < -0.3 is 10.1 Å². The van der Waals surface area contributed by atoms with Crippen LogP contribution in [0, 0.1) is 6.92 Å². The van der Waals surface area contributed by atoms with Crippen LogP contribution in [0.25, 0.3) is 22.4 Å². The van der Waals surface area contributed by atoms with Crippen molar-refractivity contribution in [3.63, 3.8) is 0 Å². The first kappa shape index (κ1) is 11.3. The minimum Gasteiger partial charge on any atom is -0.507 e. The van der Waals surface area contributed by atoms with E-state index in [0.29, 0.717) is 11.4 Å². The summed E-state index contributed by atoms with van der Waals surface area (Å²) in [5.41, 5.74) is 3.76. The molecular weight excluding hydrogens is 292 g/mol. The molecule has 0 spiro atoms. The van der Waals surface area contributed by atoms with Gasteiger partial charge in [0.25, 0.3) is 0 Å². The van der Waals surface area contributed by atoms with Crippen molar-refractivity contribution >= 4 is 27.0 Å². The highest BCUT2D eigenvalue weighted by Crippen LogP contribution is 2.31. The first-order valence-corrected chi connectivity index (χ1v) is 6.38. The molecule has 90 valence electrons. The van der Waals surface area contributed by atoms with E-state index in [0.717, 1.165) is 15.5 Å². The molecule has 0 fully saturated rings. The smallest absolute Gasteiger partial charge is 0.142 e. The lowest BCUT2D eigenvalue weighted by molar-refractivity contribution is 0.476. The van der Waals surface area contributed by atoms with Crippen LogP contribution in [-0.4, -0.2) is 15.1 Å². The average molecular weight is 303 g/mol. The fourth-order valence-corrected chi connectivity index (χ4v) is 2.31. The van der Waals surface area contributed by atoms with Gasteiger partial charge in [-0.15, -0.1) is 0 Å². The summed E-state index contributed by atoms with van der Waals surface area (Å²) in [5, 5.41) is 9.93. The van der Waals surface area contributed by atoms with Crippen molar-refractivity contribution in [3.05, 3.63) is 46.4 Å². The average Bonchev–Trinajstić information content (AvgIpc) is 2.71. The van der Waals surface area contributed by atoms with Crippen LogP contribution in [0.5, 0.6) is 5.75 Å². The van der Waals surface area contributed by atoms with Gasteiger partial charge in [0.05, 0.1) is 16.6 Å². The molecule has 18 heavy (non-hydrogen) atoms. The van der Waals surface area contributed by atoms with Gasteiger partial charge in [-0.05, 0) is 42.8 Å². The number of phenols is 1. The maximum atomic E-state index is 9.93. The third kappa shape index (κ3) is 1.88. The molecule has 0 aliphatic rings. The number of nitrogens with one attached hydrogen (secondary N) is 1. The Morgan fingerprint density at radius 3 is 2.78 bits per heavy atom. The van der Waals surface area contributed by atoms with Gasteiger partial charge in [0, 0.05) is 4.47 Å². The Balaban J connectivity index is 2.19. The molecule has 0 radical (unpaired) electrons. The van der Waals surface area contributed by atoms with E-state index in [-0.39, 0.29) is 5.75 Å². The number of phenolic OH excluding ortho intramolecular Hbond substituents is 1. The highest BCUT2D eigenvalue weighted by Gasteiger charge is 2.09. The summed E-state index contributed by atoms with van der Waals surface area (Å²) < 4.78 is 0.843. The van der Waals surface area contributed by atoms with Gasteiger partial charge >= 0.3 is 0 Å². The molecule has 3 rings (SSSR count). The van der Waals surface area contributed by atoms with E-state index < -0.39 is 0 Å². The first-order chi connectivity index (χ1) is 8.63. The minimum atomic E-state index is 0.208. The largest absolute Gasteiger partial charge is 0.507 e. The summed E-state index contributed by atoms with van der Waals surface area (Å²) in [5.74, 6) is 0.890. The molecule has 0 saturated carbocycles. The number of halogens is 1. The molecule has 0 atom stereocenters. The fourth-order valence-electron chi connectivity index (χ4n) is 1.96. The van der Waals surface area contributed by atoms with Crippen molar-refractivity contribution in [2.45, 2.75) is 6.92 Å². The van der Waals surface area contributed by atoms with Gasteiger partial charge in [0.1, 0.15) is 11.6 Å². The van der Waals surface area contributed by atoms with E-state index >= 15 is 0 Å². The Morgan fingerprint density at radius 1 is 1.17 bits per heavy atom. The van der Waals surface area contributed by atoms with E-state index in [2.05, 4.69) is 25.9 Å². The number of aromatic hydroxyl groups is 1. The zero-order valence-electron chi connectivity index (χ0n) is 9.74. The van der Waals surface area contributed by atoms with Gasteiger partial charge in [0.15, 0.2) is 0 Å². The van der Waals surface area contributed by atoms with E-state index in [1.807, 2.05) is 37.3 Å². The van der Waals surface area contributed by atoms with E-state index in [1.54, 1.807) is 6.07 Å². The lowest BCUT2D eigenvalue weighted by Gasteiger charge is -2.00. The lowest BCUT2D eigenvalue weighted by Crippen LogP contribution is -1.81. The van der Waals surface area contributed by atoms with Crippen LogP contribution in [0.1, 0.15) is 5.56 Å². The Kier molecular flexibility index (Phi) is 2.59. The number of benzene rings is 2. The van der Waals surface area contributed by atoms with Crippen LogP contribution < -0.4 is 0 Å². The number of aryl methyl sites for hydroxylation is 1. The standard InChI is InChI=1S/C14H11BrN2O/c1-8-2-5-11-12(6-8)17-14(16-11)10-4-3-9(15)7-13(10)18/h2-7,18H,1H3,(H,16,17). The zero-order chi connectivity index (χ0) is 12.7. The number of H-pyrrole nitrogens is 1. The van der Waals surface area contributed by atoms with Crippen LogP contribution in [0.15, 0.2) is 40.9 Å². The number of imidazole rings is 1. The molecule has 2 N–H and O–H groups in total. The predicted molar refractivity (Wildman–Crippen MR) is 75.6 cm³/mol. The van der Waals surface area contributed by atoms with E-state index in [1.165, 1.54) is 5.56 Å². The van der Waals surface area contributed by atoms with Crippen molar-refractivity contribution < 1.29 is 5.11 Å². The molecule has 0 saturated heterocycles. The Hall–Kier alpha value is -1.81. The van der Waals surface area contributed by atoms with Gasteiger partial charge in [-0.2, -0.15) is 0 Å². The molecule has 4 heteroatoms. The van der Waals surface area contributed by atoms with Gasteiger partial charge in [-0.25, -0.2) is 4.98 Å². The summed E-state index contributed by atoms with van der Waals surface area (Å²) in [7, 11) is 0. The second kappa shape index (κ2) is 4.14. The number of fused-ring (bicyclic) bond motifs is 1. The monoisotopic (exact) mass is 302 g/mol. The van der Waals surface area contributed by atoms with Crippen LogP contribution in [0.4, 0.5) is 0 Å². The molecule has 0 amide bonds. The van der Waals surface area contributed by atoms with E-state index in [9.17, 15) is 5.11 Å². The van der Waals surface area contributed by atoms with Crippen LogP contribution >= 0.6 is 15.9 Å². The normalized spacial score (nSPS) is 11.0. The minimum absolute atomic E-state index is 0.208. The van der Waals surface area contributed by atoms with Crippen LogP contribution in [0.2, 0.25) is 0 Å². The zero-order valence-corrected chi connectivity index (χ0v) is 11.3. The summed E-state index contributed by atoms with van der Waals surface area (Å²) in [6.07, 6.45) is 0. The van der Waals surface area contributed by atoms with Crippen molar-refractivity contribution in [2.24, 2.45) is 0 Å². The second-order valence-electron chi connectivity index (χ2n) is 4.27. The Labute approximate surface area is 113 Å². The molecular formula is C14H11BrN2O. The Morgan fingerprint density at radius 2 is 2.00 bits per heavy atom. The second-order valence-corrected chi connectivity index (χ2v) is 5.18. The number of hydrogen-bond acceptors (Lipinski definition) is 2. The maximum Gasteiger partial charge on any atom is 0.142 e. The number of aromatic nitrogens is 2. The van der Waals surface area contributed by atoms with Gasteiger partial charge in [-0.3, -0.25) is 0 Å². The molecule has 1 aromatic heterocycles. The van der Waals surface area contributed by atoms with Crippen LogP contribution in [0.3, 0.4) is 0 Å². The summed E-state index contributed by atoms with van der Waals surface area (Å²) in [6, 6.07) is 11.4. The molecule has 2 aromatic carbocycles. The molecule has 3 nitrogen and oxygen atoms in total. The number of rotatable bonds is 1. The quantitative estimate of drug-likeness (QED) is 0.713. The van der Waals surface area contributed by atoms with Crippen molar-refractivity contribution in [1.82, 2.24) is 9.97 Å². The Bertz CT molecular complexity index is 734. The van der Waals surface area contributed by atoms with Gasteiger partial charge in [-0.1, -0.05) is 22.0 Å². The molecule has 0 bridgehead atoms. The summed E-state index contributed by atoms with van der Waals surface area (Å²) in [4.78, 5) is 7.71. The molecule has 0 unspecified atom stereocenters. The van der Waals surface area contributed by atoms with Gasteiger partial charge in [0.2, 0.25) is 0 Å². The van der Waals surface area contributed by atoms with E-state index in [4.69, 9.17) is 0 Å². The molecule has 3 aromatic rings. The highest BCUT2D eigenvalue weighted by molar-refractivity contribution is 9.10.